The summed E-state index contributed by atoms with van der Waals surface area (Å²) in [7, 11) is 0. The summed E-state index contributed by atoms with van der Waals surface area (Å²) in [5.41, 5.74) is 12.1. The van der Waals surface area contributed by atoms with Crippen molar-refractivity contribution < 1.29 is 31.3 Å². The molecule has 0 aliphatic heterocycles. The Bertz CT molecular complexity index is 2160. The van der Waals surface area contributed by atoms with Crippen LogP contribution in [0.15, 0.2) is 108 Å². The molecular formula is C46H48N2O2Pt. The van der Waals surface area contributed by atoms with Crippen LogP contribution in [0.1, 0.15) is 107 Å². The van der Waals surface area contributed by atoms with Gasteiger partial charge in [-0.2, -0.15) is 0 Å². The number of pyridine rings is 1. The first-order valence-corrected chi connectivity index (χ1v) is 17.8. The van der Waals surface area contributed by atoms with E-state index < -0.39 is 0 Å². The number of aromatic hydroxyl groups is 2. The van der Waals surface area contributed by atoms with Gasteiger partial charge in [-0.15, -0.1) is 0 Å². The molecule has 51 heavy (non-hydrogen) atoms. The Kier molecular flexibility index (Phi) is 11.7. The molecular weight excluding hydrogens is 808 g/mol. The van der Waals surface area contributed by atoms with Crippen LogP contribution in [0.25, 0.3) is 44.3 Å². The minimum Gasteiger partial charge on any atom is -0.507 e. The molecule has 0 fully saturated rings. The zero-order chi connectivity index (χ0) is 35.7. The number of hydrogen-bond donors (Lipinski definition) is 2. The SMILES string of the molecule is CC(C)c1cccc(C(C)C)c1-c1ccc(-c2cccc(C=Nc3cccc4cc(-c5c(C(C)C)cccc5C(C)C)cc(O)c34)n2)c(O)c1.[Pt]. The van der Waals surface area contributed by atoms with E-state index in [1.807, 2.05) is 54.6 Å². The molecule has 5 heteroatoms. The van der Waals surface area contributed by atoms with Gasteiger partial charge >= 0.3 is 0 Å². The summed E-state index contributed by atoms with van der Waals surface area (Å²) in [6, 6.07) is 34.6. The maximum Gasteiger partial charge on any atom is 0.126 e. The average Bonchev–Trinajstić information content (AvgIpc) is 3.09. The number of phenols is 2. The molecule has 2 N–H and O–H groups in total. The number of nitrogens with zero attached hydrogens (tertiary/aromatic N) is 2. The molecule has 1 heterocycles. The van der Waals surface area contributed by atoms with E-state index in [1.54, 1.807) is 6.21 Å². The quantitative estimate of drug-likeness (QED) is 0.142. The van der Waals surface area contributed by atoms with Gasteiger partial charge < -0.3 is 10.2 Å². The fraction of sp³-hybridized carbons (Fsp3) is 0.261. The van der Waals surface area contributed by atoms with Gasteiger partial charge in [0, 0.05) is 32.0 Å². The Morgan fingerprint density at radius 3 is 1.61 bits per heavy atom. The van der Waals surface area contributed by atoms with Crippen LogP contribution >= 0.6 is 0 Å². The summed E-state index contributed by atoms with van der Waals surface area (Å²) < 4.78 is 0. The minimum absolute atomic E-state index is 0. The Hall–Kier alpha value is -4.53. The maximum atomic E-state index is 11.5. The van der Waals surface area contributed by atoms with Crippen molar-refractivity contribution in [2.24, 2.45) is 4.99 Å². The number of benzene rings is 5. The molecule has 0 aliphatic carbocycles. The van der Waals surface area contributed by atoms with Gasteiger partial charge in [0.25, 0.3) is 0 Å². The summed E-state index contributed by atoms with van der Waals surface area (Å²) in [6.07, 6.45) is 1.72. The van der Waals surface area contributed by atoms with E-state index >= 15 is 0 Å². The van der Waals surface area contributed by atoms with Gasteiger partial charge in [0.1, 0.15) is 11.5 Å². The van der Waals surface area contributed by atoms with Crippen molar-refractivity contribution in [2.75, 3.05) is 0 Å². The Balaban J connectivity index is 0.00000504. The van der Waals surface area contributed by atoms with E-state index in [9.17, 15) is 10.2 Å². The van der Waals surface area contributed by atoms with Crippen LogP contribution in [0.4, 0.5) is 5.69 Å². The van der Waals surface area contributed by atoms with E-state index in [4.69, 9.17) is 9.98 Å². The maximum absolute atomic E-state index is 11.5. The van der Waals surface area contributed by atoms with Gasteiger partial charge in [0.2, 0.25) is 0 Å². The number of fused-ring (bicyclic) bond motifs is 1. The molecule has 0 saturated carbocycles. The third kappa shape index (κ3) is 7.72. The third-order valence-electron chi connectivity index (χ3n) is 9.64. The third-order valence-corrected chi connectivity index (χ3v) is 9.64. The first kappa shape index (κ1) is 37.7. The van der Waals surface area contributed by atoms with E-state index in [0.717, 1.165) is 16.5 Å². The molecule has 0 amide bonds. The Labute approximate surface area is 317 Å². The van der Waals surface area contributed by atoms with E-state index in [2.05, 4.69) is 104 Å². The Morgan fingerprint density at radius 2 is 1.06 bits per heavy atom. The molecule has 6 aromatic rings. The number of phenolic OH excluding ortho intramolecular Hbond substituents is 2. The zero-order valence-electron chi connectivity index (χ0n) is 30.8. The molecule has 0 spiro atoms. The topological polar surface area (TPSA) is 65.7 Å². The van der Waals surface area contributed by atoms with Gasteiger partial charge in [0.05, 0.1) is 23.3 Å². The smallest absolute Gasteiger partial charge is 0.126 e. The predicted molar refractivity (Wildman–Crippen MR) is 211 cm³/mol. The van der Waals surface area contributed by atoms with E-state index in [0.29, 0.717) is 51.7 Å². The largest absolute Gasteiger partial charge is 0.507 e. The summed E-state index contributed by atoms with van der Waals surface area (Å²) >= 11 is 0. The molecule has 0 aliphatic rings. The number of aromatic nitrogens is 1. The predicted octanol–water partition coefficient (Wildman–Crippen LogP) is 12.9. The summed E-state index contributed by atoms with van der Waals surface area (Å²) in [5.74, 6) is 1.79. The van der Waals surface area contributed by atoms with Gasteiger partial charge in [-0.3, -0.25) is 4.99 Å². The van der Waals surface area contributed by atoms with Crippen molar-refractivity contribution in [1.82, 2.24) is 4.98 Å². The summed E-state index contributed by atoms with van der Waals surface area (Å²) in [4.78, 5) is 9.66. The van der Waals surface area contributed by atoms with Crippen LogP contribution in [-0.4, -0.2) is 21.4 Å². The van der Waals surface area contributed by atoms with E-state index in [-0.39, 0.29) is 32.6 Å². The normalized spacial score (nSPS) is 11.8. The molecule has 6 rings (SSSR count). The van der Waals surface area contributed by atoms with Crippen LogP contribution in [0, 0.1) is 0 Å². The molecule has 0 radical (unpaired) electrons. The molecule has 4 nitrogen and oxygen atoms in total. The minimum atomic E-state index is 0. The van der Waals surface area contributed by atoms with Crippen molar-refractivity contribution in [3.05, 3.63) is 131 Å². The van der Waals surface area contributed by atoms with Crippen LogP contribution in [0.3, 0.4) is 0 Å². The van der Waals surface area contributed by atoms with Gasteiger partial charge in [-0.1, -0.05) is 116 Å². The fourth-order valence-corrected chi connectivity index (χ4v) is 7.12. The van der Waals surface area contributed by atoms with Crippen LogP contribution in [0.5, 0.6) is 11.5 Å². The molecule has 0 saturated heterocycles. The molecule has 5 aromatic carbocycles. The molecule has 264 valence electrons. The summed E-state index contributed by atoms with van der Waals surface area (Å²) in [5, 5.41) is 24.4. The molecule has 1 aromatic heterocycles. The van der Waals surface area contributed by atoms with Crippen LogP contribution in [0.2, 0.25) is 0 Å². The second-order valence-corrected chi connectivity index (χ2v) is 14.6. The fourth-order valence-electron chi connectivity index (χ4n) is 7.12. The van der Waals surface area contributed by atoms with Gasteiger partial charge in [0.15, 0.2) is 0 Å². The van der Waals surface area contributed by atoms with E-state index in [1.165, 1.54) is 33.4 Å². The second kappa shape index (κ2) is 15.8. The number of hydrogen-bond acceptors (Lipinski definition) is 4. The van der Waals surface area contributed by atoms with Crippen molar-refractivity contribution in [1.29, 1.82) is 0 Å². The van der Waals surface area contributed by atoms with Crippen molar-refractivity contribution >= 4 is 22.7 Å². The first-order chi connectivity index (χ1) is 23.9. The van der Waals surface area contributed by atoms with Crippen molar-refractivity contribution in [3.63, 3.8) is 0 Å². The van der Waals surface area contributed by atoms with Crippen LogP contribution < -0.4 is 0 Å². The van der Waals surface area contributed by atoms with Crippen LogP contribution in [-0.2, 0) is 21.1 Å². The standard InChI is InChI=1S/C46H48N2O2.Pt/c1-27(2)35-15-11-16-36(28(3)4)44(35)32-21-22-39(42(49)24-32)40-19-10-14-34(48-40)26-47-41-20-9-13-31-23-33(25-43(50)46(31)41)45-37(29(5)6)17-12-18-38(45)30(7)8;/h9-30,49-50H,1-8H3;. The van der Waals surface area contributed by atoms with Crippen molar-refractivity contribution in [3.8, 4) is 45.0 Å². The second-order valence-electron chi connectivity index (χ2n) is 14.6. The number of aliphatic imine (C=N–C) groups is 1. The molecule has 0 atom stereocenters. The van der Waals surface area contributed by atoms with Gasteiger partial charge in [-0.05, 0) is 116 Å². The number of rotatable bonds is 9. The first-order valence-electron chi connectivity index (χ1n) is 17.8. The average molecular weight is 856 g/mol. The zero-order valence-corrected chi connectivity index (χ0v) is 33.1. The molecule has 0 unspecified atom stereocenters. The van der Waals surface area contributed by atoms with Gasteiger partial charge in [-0.25, -0.2) is 4.98 Å². The monoisotopic (exact) mass is 855 g/mol. The Morgan fingerprint density at radius 1 is 0.549 bits per heavy atom. The summed E-state index contributed by atoms with van der Waals surface area (Å²) in [6.45, 7) is 17.7. The molecule has 0 bridgehead atoms. The van der Waals surface area contributed by atoms with Crippen molar-refractivity contribution in [2.45, 2.75) is 79.1 Å².